The van der Waals surface area contributed by atoms with Gasteiger partial charge in [-0.3, -0.25) is 4.79 Å². The summed E-state index contributed by atoms with van der Waals surface area (Å²) in [4.78, 5) is 15.2. The molecule has 1 aliphatic heterocycles. The summed E-state index contributed by atoms with van der Waals surface area (Å²) in [6.07, 6.45) is 7.29. The summed E-state index contributed by atoms with van der Waals surface area (Å²) in [6, 6.07) is 13.5. The van der Waals surface area contributed by atoms with Crippen LogP contribution in [0.3, 0.4) is 0 Å². The number of hydrogen-bond acceptors (Lipinski definition) is 3. The molecule has 1 heterocycles. The molecule has 0 atom stereocenters. The monoisotopic (exact) mass is 438 g/mol. The van der Waals surface area contributed by atoms with E-state index in [0.29, 0.717) is 10.6 Å². The highest BCUT2D eigenvalue weighted by molar-refractivity contribution is 6.30. The fraction of sp³-hybridized carbons (Fsp3) is 0.346. The zero-order chi connectivity index (χ0) is 22.8. The lowest BCUT2D eigenvalue weighted by Crippen LogP contribution is -2.46. The minimum absolute atomic E-state index is 0.0532. The van der Waals surface area contributed by atoms with Crippen molar-refractivity contribution in [3.63, 3.8) is 0 Å². The molecule has 1 aliphatic rings. The Hall–Kier alpha value is -2.56. The van der Waals surface area contributed by atoms with Crippen LogP contribution in [0.4, 0.5) is 5.69 Å². The summed E-state index contributed by atoms with van der Waals surface area (Å²) in [6.45, 7) is 10.0. The number of benzene rings is 2. The van der Waals surface area contributed by atoms with Gasteiger partial charge in [0.2, 0.25) is 0 Å². The first kappa shape index (κ1) is 23.1. The molecule has 4 nitrogen and oxygen atoms in total. The normalized spacial score (nSPS) is 14.4. The van der Waals surface area contributed by atoms with E-state index in [9.17, 15) is 9.90 Å². The highest BCUT2D eigenvalue weighted by Crippen LogP contribution is 2.37. The van der Waals surface area contributed by atoms with Gasteiger partial charge in [-0.25, -0.2) is 0 Å². The molecule has 2 N–H and O–H groups in total. The zero-order valence-corrected chi connectivity index (χ0v) is 19.6. The van der Waals surface area contributed by atoms with Crippen molar-refractivity contribution in [3.8, 4) is 11.1 Å². The first-order chi connectivity index (χ1) is 14.5. The van der Waals surface area contributed by atoms with E-state index in [1.165, 1.54) is 5.70 Å². The Morgan fingerprint density at radius 1 is 1.06 bits per heavy atom. The Labute approximate surface area is 190 Å². The molecular weight excluding hydrogens is 408 g/mol. The van der Waals surface area contributed by atoms with Crippen LogP contribution in [0.2, 0.25) is 5.02 Å². The Kier molecular flexibility index (Phi) is 6.63. The predicted octanol–water partition coefficient (Wildman–Crippen LogP) is 6.16. The van der Waals surface area contributed by atoms with Crippen molar-refractivity contribution < 1.29 is 9.90 Å². The van der Waals surface area contributed by atoms with Gasteiger partial charge in [-0.1, -0.05) is 56.7 Å². The number of nitrogens with one attached hydrogen (secondary N) is 1. The number of aliphatic hydroxyl groups is 1. The second-order valence-corrected chi connectivity index (χ2v) is 10.0. The molecule has 0 bridgehead atoms. The lowest BCUT2D eigenvalue weighted by Gasteiger charge is -2.35. The Balaban J connectivity index is 2.12. The number of amides is 1. The van der Waals surface area contributed by atoms with Crippen molar-refractivity contribution in [2.45, 2.75) is 46.6 Å². The third-order valence-corrected chi connectivity index (χ3v) is 5.46. The summed E-state index contributed by atoms with van der Waals surface area (Å²) in [5, 5.41) is 13.2. The van der Waals surface area contributed by atoms with Crippen molar-refractivity contribution in [2.75, 3.05) is 11.5 Å². The van der Waals surface area contributed by atoms with Gasteiger partial charge in [0.1, 0.15) is 0 Å². The highest BCUT2D eigenvalue weighted by Gasteiger charge is 2.26. The lowest BCUT2D eigenvalue weighted by atomic mass is 9.88. The quantitative estimate of drug-likeness (QED) is 0.587. The maximum atomic E-state index is 13.1. The van der Waals surface area contributed by atoms with Crippen LogP contribution in [0.1, 0.15) is 51.4 Å². The van der Waals surface area contributed by atoms with Gasteiger partial charge < -0.3 is 15.3 Å². The van der Waals surface area contributed by atoms with Gasteiger partial charge in [-0.2, -0.15) is 0 Å². The smallest absolute Gasteiger partial charge is 0.251 e. The third kappa shape index (κ3) is 5.57. The second kappa shape index (κ2) is 8.89. The number of carbonyl (C=O) groups is 1. The predicted molar refractivity (Wildman–Crippen MR) is 129 cm³/mol. The molecule has 0 fully saturated rings. The summed E-state index contributed by atoms with van der Waals surface area (Å²) in [7, 11) is 0. The first-order valence-electron chi connectivity index (χ1n) is 10.5. The topological polar surface area (TPSA) is 52.6 Å². The van der Waals surface area contributed by atoms with Gasteiger partial charge in [0, 0.05) is 33.6 Å². The van der Waals surface area contributed by atoms with Gasteiger partial charge in [0.25, 0.3) is 5.91 Å². The van der Waals surface area contributed by atoms with E-state index in [0.717, 1.165) is 23.2 Å². The van der Waals surface area contributed by atoms with E-state index in [4.69, 9.17) is 11.6 Å². The average Bonchev–Trinajstić information content (AvgIpc) is 2.73. The molecule has 0 spiro atoms. The molecule has 5 heteroatoms. The van der Waals surface area contributed by atoms with E-state index in [1.807, 2.05) is 36.4 Å². The fourth-order valence-corrected chi connectivity index (χ4v) is 3.65. The molecule has 3 rings (SSSR count). The molecule has 31 heavy (non-hydrogen) atoms. The van der Waals surface area contributed by atoms with Gasteiger partial charge >= 0.3 is 0 Å². The molecular formula is C26H31ClN2O2. The van der Waals surface area contributed by atoms with Gasteiger partial charge in [0.15, 0.2) is 0 Å². The highest BCUT2D eigenvalue weighted by atomic mass is 35.5. The van der Waals surface area contributed by atoms with Crippen LogP contribution in [-0.2, 0) is 0 Å². The van der Waals surface area contributed by atoms with Crippen LogP contribution in [0, 0.1) is 5.41 Å². The Morgan fingerprint density at radius 2 is 1.74 bits per heavy atom. The molecule has 0 saturated heterocycles. The zero-order valence-electron chi connectivity index (χ0n) is 18.9. The van der Waals surface area contributed by atoms with Gasteiger partial charge in [-0.15, -0.1) is 0 Å². The second-order valence-electron chi connectivity index (χ2n) is 9.60. The molecule has 0 aliphatic carbocycles. The molecule has 0 aromatic heterocycles. The van der Waals surface area contributed by atoms with E-state index in [2.05, 4.69) is 55.4 Å². The van der Waals surface area contributed by atoms with Gasteiger partial charge in [-0.05, 0) is 61.7 Å². The molecule has 0 radical (unpaired) electrons. The summed E-state index contributed by atoms with van der Waals surface area (Å²) >= 11 is 6.08. The number of halogens is 1. The Morgan fingerprint density at radius 3 is 2.35 bits per heavy atom. The minimum atomic E-state index is -0.713. The van der Waals surface area contributed by atoms with Crippen LogP contribution in [0.15, 0.2) is 66.5 Å². The standard InChI is InChI=1S/C26H31ClN2O2/c1-25(2,3)23-8-6-7-13-29(23)22-15-19(18-9-11-21(27)12-10-18)14-20(16-22)24(31)28-26(4,5)17-30/h7-16,30H,6,17H2,1-5H3,(H,28,31). The molecule has 1 amide bonds. The molecule has 2 aromatic carbocycles. The van der Waals surface area contributed by atoms with Crippen LogP contribution < -0.4 is 10.2 Å². The van der Waals surface area contributed by atoms with Crippen molar-refractivity contribution in [3.05, 3.63) is 77.1 Å². The number of carbonyl (C=O) groups excluding carboxylic acids is 1. The summed E-state index contributed by atoms with van der Waals surface area (Å²) < 4.78 is 0. The van der Waals surface area contributed by atoms with E-state index in [1.54, 1.807) is 13.8 Å². The van der Waals surface area contributed by atoms with Crippen LogP contribution in [-0.4, -0.2) is 23.2 Å². The lowest BCUT2D eigenvalue weighted by molar-refractivity contribution is 0.0869. The van der Waals surface area contributed by atoms with Crippen LogP contribution >= 0.6 is 11.6 Å². The molecule has 0 unspecified atom stereocenters. The summed E-state index contributed by atoms with van der Waals surface area (Å²) in [5.74, 6) is -0.224. The van der Waals surface area contributed by atoms with Crippen molar-refractivity contribution >= 4 is 23.2 Å². The number of aliphatic hydroxyl groups excluding tert-OH is 1. The summed E-state index contributed by atoms with van der Waals surface area (Å²) in [5.41, 5.74) is 3.77. The number of anilines is 1. The van der Waals surface area contributed by atoms with Crippen LogP contribution in [0.5, 0.6) is 0 Å². The van der Waals surface area contributed by atoms with Crippen LogP contribution in [0.25, 0.3) is 11.1 Å². The number of rotatable bonds is 5. The van der Waals surface area contributed by atoms with Crippen molar-refractivity contribution in [1.82, 2.24) is 5.32 Å². The number of hydrogen-bond donors (Lipinski definition) is 2. The van der Waals surface area contributed by atoms with Gasteiger partial charge in [0.05, 0.1) is 12.1 Å². The van der Waals surface area contributed by atoms with E-state index < -0.39 is 5.54 Å². The minimum Gasteiger partial charge on any atom is -0.394 e. The first-order valence-corrected chi connectivity index (χ1v) is 10.9. The van der Waals surface area contributed by atoms with E-state index >= 15 is 0 Å². The van der Waals surface area contributed by atoms with Crippen molar-refractivity contribution in [2.24, 2.45) is 5.41 Å². The average molecular weight is 439 g/mol. The fourth-order valence-electron chi connectivity index (χ4n) is 3.53. The molecule has 0 saturated carbocycles. The number of nitrogens with zero attached hydrogens (tertiary/aromatic N) is 1. The van der Waals surface area contributed by atoms with Crippen molar-refractivity contribution in [1.29, 1.82) is 0 Å². The largest absolute Gasteiger partial charge is 0.394 e. The molecule has 164 valence electrons. The maximum absolute atomic E-state index is 13.1. The van der Waals surface area contributed by atoms with E-state index in [-0.39, 0.29) is 17.9 Å². The SMILES string of the molecule is CC(C)(CO)NC(=O)c1cc(-c2ccc(Cl)cc2)cc(N2C=CCC=C2C(C)(C)C)c1. The maximum Gasteiger partial charge on any atom is 0.251 e. The molecule has 2 aromatic rings. The third-order valence-electron chi connectivity index (χ3n) is 5.21. The Bertz CT molecular complexity index is 1010. The number of allylic oxidation sites excluding steroid dienone is 3.